The SMILES string of the molecule is CSCCC(N)C(=O)NC(C(=O)NC(CCC(N)=O)C(=O)NC(CC(=O)O)C(=O)O)C(C)C. The zero-order valence-electron chi connectivity index (χ0n) is 18.8. The first-order valence-electron chi connectivity index (χ1n) is 10.2. The molecule has 0 spiro atoms. The van der Waals surface area contributed by atoms with Crippen LogP contribution in [0.25, 0.3) is 0 Å². The van der Waals surface area contributed by atoms with Crippen LogP contribution in [-0.2, 0) is 28.8 Å². The topological polar surface area (TPSA) is 231 Å². The zero-order chi connectivity index (χ0) is 25.7. The highest BCUT2D eigenvalue weighted by Crippen LogP contribution is 2.07. The molecule has 188 valence electrons. The maximum Gasteiger partial charge on any atom is 0.326 e. The predicted octanol–water partition coefficient (Wildman–Crippen LogP) is -2.00. The van der Waals surface area contributed by atoms with Crippen LogP contribution < -0.4 is 27.4 Å². The zero-order valence-corrected chi connectivity index (χ0v) is 19.6. The van der Waals surface area contributed by atoms with Gasteiger partial charge >= 0.3 is 11.9 Å². The molecule has 13 nitrogen and oxygen atoms in total. The molecule has 0 heterocycles. The lowest BCUT2D eigenvalue weighted by atomic mass is 10.0. The molecule has 4 unspecified atom stereocenters. The number of carbonyl (C=O) groups is 6. The molecule has 0 radical (unpaired) electrons. The molecule has 0 aromatic rings. The van der Waals surface area contributed by atoms with E-state index in [-0.39, 0.29) is 12.8 Å². The van der Waals surface area contributed by atoms with Gasteiger partial charge in [-0.1, -0.05) is 13.8 Å². The number of rotatable bonds is 16. The van der Waals surface area contributed by atoms with Crippen LogP contribution in [0.2, 0.25) is 0 Å². The Labute approximate surface area is 195 Å². The van der Waals surface area contributed by atoms with Crippen LogP contribution in [0.1, 0.15) is 39.5 Å². The number of carboxylic acid groups (broad SMARTS) is 2. The number of nitrogens with two attached hydrogens (primary N) is 2. The van der Waals surface area contributed by atoms with E-state index in [1.54, 1.807) is 13.8 Å². The van der Waals surface area contributed by atoms with Gasteiger partial charge in [0, 0.05) is 6.42 Å². The van der Waals surface area contributed by atoms with Gasteiger partial charge in [0.15, 0.2) is 0 Å². The molecule has 4 atom stereocenters. The molecule has 4 amide bonds. The Kier molecular flexibility index (Phi) is 13.7. The molecule has 0 saturated heterocycles. The van der Waals surface area contributed by atoms with Crippen molar-refractivity contribution in [3.63, 3.8) is 0 Å². The van der Waals surface area contributed by atoms with Crippen LogP contribution in [0.4, 0.5) is 0 Å². The van der Waals surface area contributed by atoms with E-state index in [1.165, 1.54) is 11.8 Å². The van der Waals surface area contributed by atoms with E-state index >= 15 is 0 Å². The first kappa shape index (κ1) is 30.1. The first-order valence-corrected chi connectivity index (χ1v) is 11.6. The summed E-state index contributed by atoms with van der Waals surface area (Å²) < 4.78 is 0. The second-order valence-corrected chi connectivity index (χ2v) is 8.67. The van der Waals surface area contributed by atoms with Crippen molar-refractivity contribution < 1.29 is 39.0 Å². The summed E-state index contributed by atoms with van der Waals surface area (Å²) >= 11 is 1.51. The van der Waals surface area contributed by atoms with E-state index in [9.17, 15) is 28.8 Å². The quantitative estimate of drug-likeness (QED) is 0.125. The summed E-state index contributed by atoms with van der Waals surface area (Å²) in [6, 6.07) is -5.06. The summed E-state index contributed by atoms with van der Waals surface area (Å²) in [7, 11) is 0. The predicted molar refractivity (Wildman–Crippen MR) is 120 cm³/mol. The molecule has 0 aromatic carbocycles. The molecular formula is C19H33N5O8S. The van der Waals surface area contributed by atoms with Crippen LogP contribution in [0.5, 0.6) is 0 Å². The number of hydrogen-bond donors (Lipinski definition) is 7. The maximum absolute atomic E-state index is 12.8. The van der Waals surface area contributed by atoms with Gasteiger partial charge < -0.3 is 37.6 Å². The fraction of sp³-hybridized carbons (Fsp3) is 0.684. The van der Waals surface area contributed by atoms with E-state index in [4.69, 9.17) is 21.7 Å². The Morgan fingerprint density at radius 2 is 1.45 bits per heavy atom. The van der Waals surface area contributed by atoms with E-state index < -0.39 is 72.1 Å². The first-order chi connectivity index (χ1) is 15.3. The highest BCUT2D eigenvalue weighted by Gasteiger charge is 2.32. The van der Waals surface area contributed by atoms with Crippen LogP contribution in [0, 0.1) is 5.92 Å². The van der Waals surface area contributed by atoms with Crippen LogP contribution in [0.15, 0.2) is 0 Å². The molecule has 0 saturated carbocycles. The van der Waals surface area contributed by atoms with E-state index in [1.807, 2.05) is 11.6 Å². The number of hydrogen-bond acceptors (Lipinski definition) is 8. The third-order valence-electron chi connectivity index (χ3n) is 4.52. The van der Waals surface area contributed by atoms with Gasteiger partial charge in [-0.05, 0) is 30.8 Å². The normalized spacial score (nSPS) is 14.5. The largest absolute Gasteiger partial charge is 0.481 e. The highest BCUT2D eigenvalue weighted by atomic mass is 32.2. The van der Waals surface area contributed by atoms with Crippen molar-refractivity contribution >= 4 is 47.3 Å². The smallest absolute Gasteiger partial charge is 0.326 e. The monoisotopic (exact) mass is 491 g/mol. The van der Waals surface area contributed by atoms with Crippen molar-refractivity contribution in [2.75, 3.05) is 12.0 Å². The molecular weight excluding hydrogens is 458 g/mol. The van der Waals surface area contributed by atoms with Crippen molar-refractivity contribution in [2.45, 2.75) is 63.7 Å². The third kappa shape index (κ3) is 12.1. The molecule has 14 heteroatoms. The van der Waals surface area contributed by atoms with Gasteiger partial charge in [0.1, 0.15) is 18.1 Å². The number of amides is 4. The summed E-state index contributed by atoms with van der Waals surface area (Å²) in [5.74, 6) is -5.89. The van der Waals surface area contributed by atoms with Gasteiger partial charge in [0.25, 0.3) is 0 Å². The molecule has 0 fully saturated rings. The van der Waals surface area contributed by atoms with Crippen molar-refractivity contribution in [3.05, 3.63) is 0 Å². The standard InChI is InChI=1S/C19H33N5O8S/c1-9(2)15(24-16(28)10(20)6-7-33-3)18(30)22-11(4-5-13(21)25)17(29)23-12(19(31)32)8-14(26)27/h9-12,15H,4-8,20H2,1-3H3,(H2,21,25)(H,22,30)(H,23,29)(H,24,28)(H,26,27)(H,31,32). The van der Waals surface area contributed by atoms with Gasteiger partial charge in [-0.3, -0.25) is 24.0 Å². The Morgan fingerprint density at radius 3 is 1.91 bits per heavy atom. The number of thioether (sulfide) groups is 1. The minimum Gasteiger partial charge on any atom is -0.481 e. The molecule has 9 N–H and O–H groups in total. The molecule has 0 aliphatic heterocycles. The van der Waals surface area contributed by atoms with Crippen LogP contribution in [0.3, 0.4) is 0 Å². The summed E-state index contributed by atoms with van der Waals surface area (Å²) in [5, 5.41) is 24.9. The highest BCUT2D eigenvalue weighted by molar-refractivity contribution is 7.98. The number of nitrogens with one attached hydrogen (secondary N) is 3. The number of primary amides is 1. The molecule has 33 heavy (non-hydrogen) atoms. The summed E-state index contributed by atoms with van der Waals surface area (Å²) in [4.78, 5) is 71.0. The minimum atomic E-state index is -1.75. The summed E-state index contributed by atoms with van der Waals surface area (Å²) in [6.45, 7) is 3.31. The number of aliphatic carboxylic acids is 2. The molecule has 0 bridgehead atoms. The lowest BCUT2D eigenvalue weighted by Crippen LogP contribution is -2.58. The Balaban J connectivity index is 5.47. The Hall–Kier alpha value is -2.87. The van der Waals surface area contributed by atoms with Gasteiger partial charge in [-0.2, -0.15) is 11.8 Å². The molecule has 0 aliphatic rings. The Bertz CT molecular complexity index is 733. The van der Waals surface area contributed by atoms with Gasteiger partial charge in [-0.15, -0.1) is 0 Å². The average Bonchev–Trinajstić information content (AvgIpc) is 2.71. The fourth-order valence-electron chi connectivity index (χ4n) is 2.64. The minimum absolute atomic E-state index is 0.266. The van der Waals surface area contributed by atoms with E-state index in [2.05, 4.69) is 10.6 Å². The fourth-order valence-corrected chi connectivity index (χ4v) is 3.12. The van der Waals surface area contributed by atoms with Gasteiger partial charge in [-0.25, -0.2) is 4.79 Å². The number of carboxylic acids is 2. The summed E-state index contributed by atoms with van der Waals surface area (Å²) in [5.41, 5.74) is 10.9. The second kappa shape index (κ2) is 15.1. The van der Waals surface area contributed by atoms with Crippen molar-refractivity contribution in [1.82, 2.24) is 16.0 Å². The Morgan fingerprint density at radius 1 is 0.879 bits per heavy atom. The molecule has 0 aromatic heterocycles. The number of carbonyl (C=O) groups excluding carboxylic acids is 4. The molecule has 0 rings (SSSR count). The lowest BCUT2D eigenvalue weighted by molar-refractivity contribution is -0.147. The van der Waals surface area contributed by atoms with Crippen LogP contribution in [-0.4, -0.2) is 82.0 Å². The maximum atomic E-state index is 12.8. The van der Waals surface area contributed by atoms with Gasteiger partial charge in [0.2, 0.25) is 23.6 Å². The second-order valence-electron chi connectivity index (χ2n) is 7.68. The average molecular weight is 492 g/mol. The van der Waals surface area contributed by atoms with Crippen molar-refractivity contribution in [3.8, 4) is 0 Å². The van der Waals surface area contributed by atoms with E-state index in [0.717, 1.165) is 0 Å². The van der Waals surface area contributed by atoms with E-state index in [0.29, 0.717) is 12.2 Å². The summed E-state index contributed by atoms with van der Waals surface area (Å²) in [6.07, 6.45) is 0.780. The lowest BCUT2D eigenvalue weighted by Gasteiger charge is -2.26. The van der Waals surface area contributed by atoms with Crippen molar-refractivity contribution in [1.29, 1.82) is 0 Å². The third-order valence-corrected chi connectivity index (χ3v) is 5.17. The molecule has 0 aliphatic carbocycles. The van der Waals surface area contributed by atoms with Gasteiger partial charge in [0.05, 0.1) is 12.5 Å². The van der Waals surface area contributed by atoms with Crippen LogP contribution >= 0.6 is 11.8 Å². The van der Waals surface area contributed by atoms with Crippen molar-refractivity contribution in [2.24, 2.45) is 17.4 Å².